The zero-order valence-electron chi connectivity index (χ0n) is 13.8. The average molecular weight is 399 g/mol. The molecule has 0 fully saturated rings. The van der Waals surface area contributed by atoms with E-state index in [1.54, 1.807) is 11.8 Å². The van der Waals surface area contributed by atoms with Crippen molar-refractivity contribution in [3.05, 3.63) is 28.2 Å². The van der Waals surface area contributed by atoms with Crippen LogP contribution in [0, 0.1) is 0 Å². The number of hydrogen-bond acceptors (Lipinski definition) is 4. The van der Waals surface area contributed by atoms with Gasteiger partial charge in [-0.15, -0.1) is 0 Å². The number of amides is 1. The predicted octanol–water partition coefficient (Wildman–Crippen LogP) is 4.12. The van der Waals surface area contributed by atoms with E-state index >= 15 is 0 Å². The number of benzene rings is 1. The molecule has 1 aliphatic rings. The van der Waals surface area contributed by atoms with Crippen molar-refractivity contribution < 1.29 is 9.53 Å². The molecule has 0 unspecified atom stereocenters. The summed E-state index contributed by atoms with van der Waals surface area (Å²) in [6.45, 7) is 7.85. The van der Waals surface area contributed by atoms with E-state index in [4.69, 9.17) is 4.74 Å². The van der Waals surface area contributed by atoms with Crippen LogP contribution in [0.25, 0.3) is 0 Å². The van der Waals surface area contributed by atoms with Crippen LogP contribution in [0.1, 0.15) is 39.2 Å². The average Bonchev–Trinajstić information content (AvgIpc) is 2.96. The molecule has 1 N–H and O–H groups in total. The number of aliphatic imine (C=N–C) groups is 1. The standard InChI is InChI=1S/C17H23BrN2O2S/c1-17(2,3)12-6-7-14(13(18)11-12)22-9-4-5-15(21)20-16-19-8-10-23-16/h6-7,11H,4-5,8-10H2,1-3H3,(H,19,20,21). The van der Waals surface area contributed by atoms with Gasteiger partial charge in [0.2, 0.25) is 5.91 Å². The van der Waals surface area contributed by atoms with Gasteiger partial charge in [0.25, 0.3) is 0 Å². The van der Waals surface area contributed by atoms with Crippen LogP contribution < -0.4 is 10.1 Å². The molecule has 0 aliphatic carbocycles. The molecule has 1 heterocycles. The largest absolute Gasteiger partial charge is 0.492 e. The number of amidine groups is 1. The van der Waals surface area contributed by atoms with Crippen molar-refractivity contribution in [1.29, 1.82) is 0 Å². The quantitative estimate of drug-likeness (QED) is 0.758. The molecule has 0 saturated heterocycles. The van der Waals surface area contributed by atoms with Crippen LogP contribution in [-0.4, -0.2) is 30.0 Å². The fraction of sp³-hybridized carbons (Fsp3) is 0.529. The molecule has 6 heteroatoms. The lowest BCUT2D eigenvalue weighted by molar-refractivity contribution is -0.119. The molecule has 4 nitrogen and oxygen atoms in total. The third-order valence-electron chi connectivity index (χ3n) is 3.44. The minimum absolute atomic E-state index is 0.00361. The maximum atomic E-state index is 11.8. The third-order valence-corrected chi connectivity index (χ3v) is 4.95. The number of carbonyl (C=O) groups excluding carboxylic acids is 1. The smallest absolute Gasteiger partial charge is 0.226 e. The van der Waals surface area contributed by atoms with Crippen molar-refractivity contribution in [2.45, 2.75) is 39.0 Å². The van der Waals surface area contributed by atoms with Gasteiger partial charge in [-0.3, -0.25) is 9.79 Å². The number of ether oxygens (including phenoxy) is 1. The van der Waals surface area contributed by atoms with Gasteiger partial charge in [0.1, 0.15) is 5.75 Å². The number of nitrogens with one attached hydrogen (secondary N) is 1. The minimum Gasteiger partial charge on any atom is -0.492 e. The number of halogens is 1. The van der Waals surface area contributed by atoms with Gasteiger partial charge in [-0.25, -0.2) is 0 Å². The summed E-state index contributed by atoms with van der Waals surface area (Å²) in [4.78, 5) is 16.0. The highest BCUT2D eigenvalue weighted by Gasteiger charge is 2.15. The van der Waals surface area contributed by atoms with Crippen LogP contribution in [0.5, 0.6) is 5.75 Å². The van der Waals surface area contributed by atoms with Gasteiger partial charge in [-0.05, 0) is 45.5 Å². The highest BCUT2D eigenvalue weighted by Crippen LogP contribution is 2.31. The Morgan fingerprint density at radius 1 is 1.43 bits per heavy atom. The molecule has 0 aromatic heterocycles. The second-order valence-corrected chi connectivity index (χ2v) is 8.37. The van der Waals surface area contributed by atoms with E-state index in [1.807, 2.05) is 6.07 Å². The monoisotopic (exact) mass is 398 g/mol. The summed E-state index contributed by atoms with van der Waals surface area (Å²) in [5.74, 6) is 1.77. The van der Waals surface area contributed by atoms with Crippen LogP contribution in [0.4, 0.5) is 0 Å². The Hall–Kier alpha value is -1.01. The number of carbonyl (C=O) groups is 1. The SMILES string of the molecule is CC(C)(C)c1ccc(OCCCC(=O)NC2=NCCS2)c(Br)c1. The highest BCUT2D eigenvalue weighted by molar-refractivity contribution is 9.10. The fourth-order valence-corrected chi connectivity index (χ4v) is 3.33. The maximum absolute atomic E-state index is 11.8. The van der Waals surface area contributed by atoms with Gasteiger partial charge >= 0.3 is 0 Å². The maximum Gasteiger partial charge on any atom is 0.226 e. The van der Waals surface area contributed by atoms with Crippen molar-refractivity contribution in [3.8, 4) is 5.75 Å². The molecule has 1 amide bonds. The van der Waals surface area contributed by atoms with Gasteiger partial charge in [-0.2, -0.15) is 0 Å². The first-order chi connectivity index (χ1) is 10.9. The fourth-order valence-electron chi connectivity index (χ4n) is 2.09. The second kappa shape index (κ2) is 8.20. The Morgan fingerprint density at radius 3 is 2.83 bits per heavy atom. The number of rotatable bonds is 5. The Labute approximate surface area is 150 Å². The molecule has 0 saturated carbocycles. The Kier molecular flexibility index (Phi) is 6.53. The first-order valence-corrected chi connectivity index (χ1v) is 9.54. The van der Waals surface area contributed by atoms with Crippen molar-refractivity contribution in [2.24, 2.45) is 4.99 Å². The lowest BCUT2D eigenvalue weighted by Crippen LogP contribution is -2.27. The predicted molar refractivity (Wildman–Crippen MR) is 100 cm³/mol. The van der Waals surface area contributed by atoms with E-state index in [9.17, 15) is 4.79 Å². The van der Waals surface area contributed by atoms with E-state index in [2.05, 4.69) is 59.1 Å². The van der Waals surface area contributed by atoms with E-state index in [0.29, 0.717) is 19.4 Å². The molecular formula is C17H23BrN2O2S. The molecule has 1 aliphatic heterocycles. The van der Waals surface area contributed by atoms with Gasteiger partial charge in [0.15, 0.2) is 5.17 Å². The molecular weight excluding hydrogens is 376 g/mol. The van der Waals surface area contributed by atoms with Crippen LogP contribution >= 0.6 is 27.7 Å². The molecule has 0 atom stereocenters. The summed E-state index contributed by atoms with van der Waals surface area (Å²) in [6, 6.07) is 6.16. The van der Waals surface area contributed by atoms with E-state index in [-0.39, 0.29) is 11.3 Å². The van der Waals surface area contributed by atoms with Crippen molar-refractivity contribution in [1.82, 2.24) is 5.32 Å². The Balaban J connectivity index is 1.74. The lowest BCUT2D eigenvalue weighted by Gasteiger charge is -2.20. The minimum atomic E-state index is 0.00361. The highest BCUT2D eigenvalue weighted by atomic mass is 79.9. The first-order valence-electron chi connectivity index (χ1n) is 7.76. The topological polar surface area (TPSA) is 50.7 Å². The van der Waals surface area contributed by atoms with Gasteiger partial charge in [0.05, 0.1) is 17.6 Å². The van der Waals surface area contributed by atoms with Crippen LogP contribution in [-0.2, 0) is 10.2 Å². The molecule has 1 aromatic carbocycles. The van der Waals surface area contributed by atoms with E-state index in [1.165, 1.54) is 5.56 Å². The van der Waals surface area contributed by atoms with Gasteiger partial charge in [0, 0.05) is 12.2 Å². The van der Waals surface area contributed by atoms with Crippen molar-refractivity contribution in [2.75, 3.05) is 18.9 Å². The molecule has 23 heavy (non-hydrogen) atoms. The number of nitrogens with zero attached hydrogens (tertiary/aromatic N) is 1. The number of hydrogen-bond donors (Lipinski definition) is 1. The van der Waals surface area contributed by atoms with Crippen LogP contribution in [0.3, 0.4) is 0 Å². The molecule has 2 rings (SSSR count). The summed E-state index contributed by atoms with van der Waals surface area (Å²) in [6.07, 6.45) is 1.12. The van der Waals surface area contributed by atoms with Crippen LogP contribution in [0.2, 0.25) is 0 Å². The summed E-state index contributed by atoms with van der Waals surface area (Å²) >= 11 is 5.15. The zero-order chi connectivity index (χ0) is 16.9. The van der Waals surface area contributed by atoms with Gasteiger partial charge < -0.3 is 10.1 Å². The second-order valence-electron chi connectivity index (χ2n) is 6.43. The van der Waals surface area contributed by atoms with Crippen molar-refractivity contribution in [3.63, 3.8) is 0 Å². The molecule has 126 valence electrons. The molecule has 1 aromatic rings. The Morgan fingerprint density at radius 2 is 2.22 bits per heavy atom. The summed E-state index contributed by atoms with van der Waals surface area (Å²) in [7, 11) is 0. The summed E-state index contributed by atoms with van der Waals surface area (Å²) < 4.78 is 6.71. The van der Waals surface area contributed by atoms with Gasteiger partial charge in [-0.1, -0.05) is 38.6 Å². The summed E-state index contributed by atoms with van der Waals surface area (Å²) in [5, 5.41) is 3.57. The first kappa shape index (κ1) is 18.3. The molecule has 0 spiro atoms. The van der Waals surface area contributed by atoms with Crippen LogP contribution in [0.15, 0.2) is 27.7 Å². The lowest BCUT2D eigenvalue weighted by atomic mass is 9.87. The normalized spacial score (nSPS) is 14.5. The van der Waals surface area contributed by atoms with E-state index < -0.39 is 0 Å². The molecule has 0 radical (unpaired) electrons. The van der Waals surface area contributed by atoms with E-state index in [0.717, 1.165) is 27.7 Å². The summed E-state index contributed by atoms with van der Waals surface area (Å²) in [5.41, 5.74) is 1.37. The van der Waals surface area contributed by atoms with Crippen molar-refractivity contribution >= 4 is 38.8 Å². The molecule has 0 bridgehead atoms. The zero-order valence-corrected chi connectivity index (χ0v) is 16.2. The third kappa shape index (κ3) is 5.84. The Bertz CT molecular complexity index is 597. The number of thioether (sulfide) groups is 1.